The van der Waals surface area contributed by atoms with E-state index < -0.39 is 11.6 Å². The molecule has 1 aromatic heterocycles. The van der Waals surface area contributed by atoms with E-state index in [-0.39, 0.29) is 11.7 Å². The van der Waals surface area contributed by atoms with Gasteiger partial charge in [0.2, 0.25) is 5.89 Å². The maximum absolute atomic E-state index is 14.1. The van der Waals surface area contributed by atoms with Crippen LogP contribution >= 0.6 is 0 Å². The minimum Gasteiger partial charge on any atom is -0.444 e. The fourth-order valence-corrected chi connectivity index (χ4v) is 3.65. The Kier molecular flexibility index (Phi) is 6.16. The Morgan fingerprint density at radius 2 is 1.94 bits per heavy atom. The summed E-state index contributed by atoms with van der Waals surface area (Å²) in [5.41, 5.74) is 2.88. The maximum atomic E-state index is 14.1. The summed E-state index contributed by atoms with van der Waals surface area (Å²) in [7, 11) is 1.68. The zero-order valence-corrected chi connectivity index (χ0v) is 17.5. The molecule has 6 nitrogen and oxygen atoms in total. The highest BCUT2D eigenvalue weighted by molar-refractivity contribution is 5.80. The van der Waals surface area contributed by atoms with Crippen LogP contribution in [0.3, 0.4) is 0 Å². The van der Waals surface area contributed by atoms with Gasteiger partial charge < -0.3 is 20.0 Å². The fourth-order valence-electron chi connectivity index (χ4n) is 3.65. The van der Waals surface area contributed by atoms with E-state index in [2.05, 4.69) is 20.6 Å². The number of anilines is 1. The van der Waals surface area contributed by atoms with Crippen molar-refractivity contribution in [2.45, 2.75) is 25.9 Å². The second-order valence-corrected chi connectivity index (χ2v) is 7.58. The van der Waals surface area contributed by atoms with E-state index in [1.165, 1.54) is 23.8 Å². The van der Waals surface area contributed by atoms with E-state index in [1.807, 2.05) is 31.2 Å². The molecular formula is C23H25F2N5O. The second kappa shape index (κ2) is 9.16. The van der Waals surface area contributed by atoms with E-state index in [0.29, 0.717) is 31.5 Å². The number of rotatable bonds is 5. The van der Waals surface area contributed by atoms with Gasteiger partial charge in [-0.25, -0.2) is 13.8 Å². The molecule has 162 valence electrons. The van der Waals surface area contributed by atoms with Gasteiger partial charge in [0.05, 0.1) is 12.2 Å². The Hall–Kier alpha value is -3.42. The van der Waals surface area contributed by atoms with Crippen molar-refractivity contribution in [3.05, 3.63) is 71.6 Å². The zero-order valence-electron chi connectivity index (χ0n) is 17.5. The summed E-state index contributed by atoms with van der Waals surface area (Å²) in [5, 5.41) is 6.53. The number of benzene rings is 2. The van der Waals surface area contributed by atoms with E-state index in [0.717, 1.165) is 17.7 Å². The van der Waals surface area contributed by atoms with Gasteiger partial charge in [0.25, 0.3) is 0 Å². The van der Waals surface area contributed by atoms with Crippen LogP contribution in [-0.4, -0.2) is 37.1 Å². The molecule has 8 heteroatoms. The molecule has 0 amide bonds. The first-order chi connectivity index (χ1) is 15.0. The molecule has 1 unspecified atom stereocenters. The lowest BCUT2D eigenvalue weighted by Gasteiger charge is -2.21. The van der Waals surface area contributed by atoms with Crippen molar-refractivity contribution >= 4 is 11.6 Å². The second-order valence-electron chi connectivity index (χ2n) is 7.58. The van der Waals surface area contributed by atoms with Crippen molar-refractivity contribution < 1.29 is 13.2 Å². The summed E-state index contributed by atoms with van der Waals surface area (Å²) in [6.45, 7) is 3.52. The normalized spacial score (nSPS) is 16.6. The van der Waals surface area contributed by atoms with Crippen molar-refractivity contribution in [2.24, 2.45) is 4.99 Å². The Bertz CT molecular complexity index is 1040. The average molecular weight is 425 g/mol. The quantitative estimate of drug-likeness (QED) is 0.480. The number of aliphatic imine (C=N–C) groups is 1. The lowest BCUT2D eigenvalue weighted by atomic mass is 10.1. The zero-order chi connectivity index (χ0) is 21.8. The molecule has 1 saturated heterocycles. The summed E-state index contributed by atoms with van der Waals surface area (Å²) in [6.07, 6.45) is 2.36. The first-order valence-corrected chi connectivity index (χ1v) is 10.2. The molecule has 4 rings (SSSR count). The van der Waals surface area contributed by atoms with Gasteiger partial charge in [-0.1, -0.05) is 23.8 Å². The number of hydrogen-bond acceptors (Lipinski definition) is 4. The fraction of sp³-hybridized carbons (Fsp3) is 0.304. The number of para-hydroxylation sites is 1. The third-order valence-corrected chi connectivity index (χ3v) is 5.29. The largest absolute Gasteiger partial charge is 0.444 e. The highest BCUT2D eigenvalue weighted by Crippen LogP contribution is 2.26. The van der Waals surface area contributed by atoms with Crippen LogP contribution in [0.5, 0.6) is 0 Å². The topological polar surface area (TPSA) is 65.7 Å². The Balaban J connectivity index is 1.32. The number of guanidine groups is 1. The molecular weight excluding hydrogens is 400 g/mol. The first kappa shape index (κ1) is 20.8. The van der Waals surface area contributed by atoms with Crippen LogP contribution in [0.1, 0.15) is 17.7 Å². The van der Waals surface area contributed by atoms with Crippen molar-refractivity contribution in [2.75, 3.05) is 25.0 Å². The number of aryl methyl sites for hydroxylation is 1. The molecule has 1 atom stereocenters. The summed E-state index contributed by atoms with van der Waals surface area (Å²) in [4.78, 5) is 10.5. The Morgan fingerprint density at radius 1 is 1.19 bits per heavy atom. The van der Waals surface area contributed by atoms with E-state index in [4.69, 9.17) is 4.42 Å². The van der Waals surface area contributed by atoms with Crippen molar-refractivity contribution in [1.29, 1.82) is 0 Å². The van der Waals surface area contributed by atoms with Gasteiger partial charge in [0, 0.05) is 31.7 Å². The van der Waals surface area contributed by atoms with Crippen LogP contribution in [0, 0.1) is 18.6 Å². The Morgan fingerprint density at radius 3 is 2.65 bits per heavy atom. The molecule has 0 radical (unpaired) electrons. The summed E-state index contributed by atoms with van der Waals surface area (Å²) < 4.78 is 33.7. The van der Waals surface area contributed by atoms with Gasteiger partial charge in [-0.15, -0.1) is 0 Å². The minimum absolute atomic E-state index is 0.0191. The van der Waals surface area contributed by atoms with Gasteiger partial charge in [-0.05, 0) is 37.6 Å². The SMILES string of the molecule is CN=C(NCc1coc(-c2ccc(C)cc2)n1)NC1CCN(c2c(F)cccc2F)C1. The third-order valence-electron chi connectivity index (χ3n) is 5.29. The number of halogens is 2. The first-order valence-electron chi connectivity index (χ1n) is 10.2. The van der Waals surface area contributed by atoms with Crippen LogP contribution in [0.15, 0.2) is 58.1 Å². The van der Waals surface area contributed by atoms with Gasteiger partial charge in [-0.3, -0.25) is 4.99 Å². The highest BCUT2D eigenvalue weighted by atomic mass is 19.1. The van der Waals surface area contributed by atoms with E-state index >= 15 is 0 Å². The van der Waals surface area contributed by atoms with Gasteiger partial charge >= 0.3 is 0 Å². The number of aromatic nitrogens is 1. The maximum Gasteiger partial charge on any atom is 0.226 e. The van der Waals surface area contributed by atoms with Crippen LogP contribution in [0.4, 0.5) is 14.5 Å². The minimum atomic E-state index is -0.543. The molecule has 3 aromatic rings. The van der Waals surface area contributed by atoms with Crippen LogP contribution in [0.2, 0.25) is 0 Å². The predicted molar refractivity (Wildman–Crippen MR) is 117 cm³/mol. The standard InChI is InChI=1S/C23H25F2N5O/c1-15-6-8-16(9-7-15)22-28-18(14-31-22)12-27-23(26-2)29-17-10-11-30(13-17)21-19(24)4-3-5-20(21)25/h3-9,14,17H,10-13H2,1-2H3,(H2,26,27,29). The van der Waals surface area contributed by atoms with Crippen molar-refractivity contribution in [1.82, 2.24) is 15.6 Å². The van der Waals surface area contributed by atoms with Gasteiger partial charge in [0.1, 0.15) is 23.6 Å². The van der Waals surface area contributed by atoms with Gasteiger partial charge in [0.15, 0.2) is 5.96 Å². The van der Waals surface area contributed by atoms with E-state index in [9.17, 15) is 8.78 Å². The highest BCUT2D eigenvalue weighted by Gasteiger charge is 2.27. The summed E-state index contributed by atoms with van der Waals surface area (Å²) in [5.74, 6) is 0.0796. The van der Waals surface area contributed by atoms with E-state index in [1.54, 1.807) is 18.2 Å². The monoisotopic (exact) mass is 425 g/mol. The smallest absolute Gasteiger partial charge is 0.226 e. The molecule has 2 aromatic carbocycles. The molecule has 2 N–H and O–H groups in total. The molecule has 0 saturated carbocycles. The molecule has 1 aliphatic rings. The number of nitrogens with one attached hydrogen (secondary N) is 2. The molecule has 1 aliphatic heterocycles. The number of nitrogens with zero attached hydrogens (tertiary/aromatic N) is 3. The average Bonchev–Trinajstić information content (AvgIpc) is 3.41. The van der Waals surface area contributed by atoms with Gasteiger partial charge in [-0.2, -0.15) is 0 Å². The van der Waals surface area contributed by atoms with Crippen LogP contribution < -0.4 is 15.5 Å². The van der Waals surface area contributed by atoms with Crippen LogP contribution in [0.25, 0.3) is 11.5 Å². The Labute approximate surface area is 180 Å². The molecule has 0 spiro atoms. The molecule has 0 bridgehead atoms. The molecule has 2 heterocycles. The number of oxazole rings is 1. The molecule has 1 fully saturated rings. The predicted octanol–water partition coefficient (Wildman–Crippen LogP) is 3.87. The third kappa shape index (κ3) is 4.84. The number of hydrogen-bond donors (Lipinski definition) is 2. The molecule has 31 heavy (non-hydrogen) atoms. The van der Waals surface area contributed by atoms with Crippen LogP contribution in [-0.2, 0) is 6.54 Å². The lowest BCUT2D eigenvalue weighted by Crippen LogP contribution is -2.44. The molecule has 0 aliphatic carbocycles. The summed E-state index contributed by atoms with van der Waals surface area (Å²) in [6, 6.07) is 11.9. The van der Waals surface area contributed by atoms with Crippen molar-refractivity contribution in [3.63, 3.8) is 0 Å². The lowest BCUT2D eigenvalue weighted by molar-refractivity contribution is 0.571. The van der Waals surface area contributed by atoms with Crippen molar-refractivity contribution in [3.8, 4) is 11.5 Å². The summed E-state index contributed by atoms with van der Waals surface area (Å²) >= 11 is 0.